The Bertz CT molecular complexity index is 1320. The Morgan fingerprint density at radius 1 is 1.03 bits per heavy atom. The molecule has 0 atom stereocenters. The summed E-state index contributed by atoms with van der Waals surface area (Å²) in [5.41, 5.74) is 4.16. The quantitative estimate of drug-likeness (QED) is 0.328. The average molecular weight is 548 g/mol. The molecule has 8 heteroatoms. The van der Waals surface area contributed by atoms with Crippen LogP contribution in [0.3, 0.4) is 0 Å². The van der Waals surface area contributed by atoms with Gasteiger partial charge in [-0.1, -0.05) is 22.0 Å². The van der Waals surface area contributed by atoms with Crippen LogP contribution >= 0.6 is 15.9 Å². The van der Waals surface area contributed by atoms with Gasteiger partial charge in [-0.05, 0) is 75.2 Å². The van der Waals surface area contributed by atoms with E-state index in [1.54, 1.807) is 6.26 Å². The van der Waals surface area contributed by atoms with Crippen LogP contribution in [0.1, 0.15) is 37.3 Å². The van der Waals surface area contributed by atoms with Crippen LogP contribution in [0.15, 0.2) is 70.1 Å². The van der Waals surface area contributed by atoms with Crippen LogP contribution in [0.2, 0.25) is 0 Å². The van der Waals surface area contributed by atoms with Crippen LogP contribution in [0.4, 0.5) is 0 Å². The highest BCUT2D eigenvalue weighted by Gasteiger charge is 2.32. The van der Waals surface area contributed by atoms with E-state index in [-0.39, 0.29) is 12.0 Å². The van der Waals surface area contributed by atoms with E-state index in [2.05, 4.69) is 53.5 Å². The van der Waals surface area contributed by atoms with E-state index < -0.39 is 0 Å². The van der Waals surface area contributed by atoms with Gasteiger partial charge in [0.1, 0.15) is 5.69 Å². The third-order valence-corrected chi connectivity index (χ3v) is 8.10. The molecule has 2 fully saturated rings. The molecule has 4 aromatic rings. The number of rotatable bonds is 5. The maximum absolute atomic E-state index is 13.4. The minimum Gasteiger partial charge on any atom is -0.472 e. The molecule has 2 aliphatic rings. The number of fused-ring (bicyclic) bond motifs is 1. The first-order valence-electron chi connectivity index (χ1n) is 12.8. The van der Waals surface area contributed by atoms with Crippen LogP contribution in [-0.4, -0.2) is 56.4 Å². The van der Waals surface area contributed by atoms with Gasteiger partial charge in [-0.15, -0.1) is 0 Å². The number of carbonyl (C=O) groups is 1. The second kappa shape index (κ2) is 10.2. The van der Waals surface area contributed by atoms with Gasteiger partial charge in [0.2, 0.25) is 5.91 Å². The summed E-state index contributed by atoms with van der Waals surface area (Å²) in [7, 11) is 0. The maximum Gasteiger partial charge on any atom is 0.225 e. The lowest BCUT2D eigenvalue weighted by atomic mass is 9.93. The zero-order chi connectivity index (χ0) is 24.5. The van der Waals surface area contributed by atoms with Crippen molar-refractivity contribution in [2.24, 2.45) is 5.92 Å². The molecule has 2 aliphatic heterocycles. The Hall–Kier alpha value is -2.97. The number of likely N-dealkylation sites (tertiary alicyclic amines) is 2. The number of benzene rings is 1. The summed E-state index contributed by atoms with van der Waals surface area (Å²) in [6.45, 7) is 4.40. The molecule has 0 aliphatic carbocycles. The van der Waals surface area contributed by atoms with Gasteiger partial charge >= 0.3 is 0 Å². The molecule has 0 N–H and O–H groups in total. The number of hydrogen-bond donors (Lipinski definition) is 0. The van der Waals surface area contributed by atoms with Gasteiger partial charge in [0.15, 0.2) is 5.82 Å². The van der Waals surface area contributed by atoms with Crippen LogP contribution < -0.4 is 0 Å². The Balaban J connectivity index is 1.13. The van der Waals surface area contributed by atoms with Gasteiger partial charge in [-0.3, -0.25) is 14.7 Å². The summed E-state index contributed by atoms with van der Waals surface area (Å²) < 4.78 is 8.56. The number of piperidine rings is 2. The van der Waals surface area contributed by atoms with Gasteiger partial charge < -0.3 is 13.9 Å². The van der Waals surface area contributed by atoms with Gasteiger partial charge in [0.05, 0.1) is 23.6 Å². The molecule has 3 aromatic heterocycles. The van der Waals surface area contributed by atoms with Crippen molar-refractivity contribution >= 4 is 32.9 Å². The zero-order valence-electron chi connectivity index (χ0n) is 20.2. The second-order valence-electron chi connectivity index (χ2n) is 9.89. The lowest BCUT2D eigenvalue weighted by Gasteiger charge is -2.38. The topological polar surface area (TPSA) is 67.4 Å². The summed E-state index contributed by atoms with van der Waals surface area (Å²) in [6.07, 6.45) is 9.06. The number of hydrogen-bond acceptors (Lipinski definition) is 5. The minimum atomic E-state index is 0.137. The first-order chi connectivity index (χ1) is 17.7. The molecule has 36 heavy (non-hydrogen) atoms. The Morgan fingerprint density at radius 3 is 2.58 bits per heavy atom. The lowest BCUT2D eigenvalue weighted by Crippen LogP contribution is -2.45. The summed E-state index contributed by atoms with van der Waals surface area (Å²) in [5.74, 6) is 1.37. The van der Waals surface area contributed by atoms with Gasteiger partial charge in [-0.25, -0.2) is 4.98 Å². The average Bonchev–Trinajstić information content (AvgIpc) is 3.57. The molecular weight excluding hydrogens is 518 g/mol. The molecule has 0 saturated carbocycles. The van der Waals surface area contributed by atoms with Crippen LogP contribution in [-0.2, 0) is 11.3 Å². The summed E-state index contributed by atoms with van der Waals surface area (Å²) in [5, 5.41) is 0. The SMILES string of the molecule is O=C(C1CCN(Cc2ccoc2)CC1)N1CCC(n2c(-c3ccccn3)nc3cc(Br)ccc32)CC1. The smallest absolute Gasteiger partial charge is 0.225 e. The van der Waals surface area contributed by atoms with Crippen molar-refractivity contribution in [1.82, 2.24) is 24.3 Å². The number of aromatic nitrogens is 3. The number of pyridine rings is 1. The largest absolute Gasteiger partial charge is 0.472 e. The fourth-order valence-electron chi connectivity index (χ4n) is 5.70. The fraction of sp³-hybridized carbons (Fsp3) is 0.393. The van der Waals surface area contributed by atoms with Crippen molar-refractivity contribution in [1.29, 1.82) is 0 Å². The van der Waals surface area contributed by atoms with Crippen molar-refractivity contribution in [3.63, 3.8) is 0 Å². The monoisotopic (exact) mass is 547 g/mol. The van der Waals surface area contributed by atoms with Gasteiger partial charge in [-0.2, -0.15) is 0 Å². The first-order valence-corrected chi connectivity index (χ1v) is 13.6. The molecule has 1 aromatic carbocycles. The van der Waals surface area contributed by atoms with Gasteiger partial charge in [0, 0.05) is 47.8 Å². The number of carbonyl (C=O) groups excluding carboxylic acids is 1. The Kier molecular flexibility index (Phi) is 6.63. The van der Waals surface area contributed by atoms with Crippen molar-refractivity contribution < 1.29 is 9.21 Å². The number of imidazole rings is 1. The molecule has 186 valence electrons. The summed E-state index contributed by atoms with van der Waals surface area (Å²) in [6, 6.07) is 14.5. The van der Waals surface area contributed by atoms with E-state index in [0.29, 0.717) is 5.91 Å². The number of nitrogens with zero attached hydrogens (tertiary/aromatic N) is 5. The highest BCUT2D eigenvalue weighted by atomic mass is 79.9. The molecule has 7 nitrogen and oxygen atoms in total. The third kappa shape index (κ3) is 4.72. The normalized spacial score (nSPS) is 18.2. The Labute approximate surface area is 219 Å². The van der Waals surface area contributed by atoms with E-state index in [4.69, 9.17) is 9.40 Å². The molecule has 0 bridgehead atoms. The minimum absolute atomic E-state index is 0.137. The second-order valence-corrected chi connectivity index (χ2v) is 10.8. The molecular formula is C28H30BrN5O2. The first kappa shape index (κ1) is 23.4. The van der Waals surface area contributed by atoms with E-state index in [1.165, 1.54) is 5.56 Å². The number of halogens is 1. The van der Waals surface area contributed by atoms with Crippen LogP contribution in [0, 0.1) is 5.92 Å². The molecule has 1 amide bonds. The van der Waals surface area contributed by atoms with E-state index in [9.17, 15) is 4.79 Å². The lowest BCUT2D eigenvalue weighted by molar-refractivity contribution is -0.138. The number of amides is 1. The van der Waals surface area contributed by atoms with Crippen LogP contribution in [0.25, 0.3) is 22.6 Å². The van der Waals surface area contributed by atoms with Crippen molar-refractivity contribution in [2.75, 3.05) is 26.2 Å². The molecule has 2 saturated heterocycles. The summed E-state index contributed by atoms with van der Waals surface area (Å²) in [4.78, 5) is 27.4. The highest BCUT2D eigenvalue weighted by Crippen LogP contribution is 2.34. The fourth-order valence-corrected chi connectivity index (χ4v) is 6.05. The third-order valence-electron chi connectivity index (χ3n) is 7.61. The highest BCUT2D eigenvalue weighted by molar-refractivity contribution is 9.10. The predicted molar refractivity (Wildman–Crippen MR) is 142 cm³/mol. The van der Waals surface area contributed by atoms with Crippen LogP contribution in [0.5, 0.6) is 0 Å². The van der Waals surface area contributed by atoms with Crippen molar-refractivity contribution in [3.8, 4) is 11.5 Å². The van der Waals surface area contributed by atoms with E-state index >= 15 is 0 Å². The molecule has 0 spiro atoms. The molecule has 6 rings (SSSR count). The van der Waals surface area contributed by atoms with Gasteiger partial charge in [0.25, 0.3) is 0 Å². The van der Waals surface area contributed by atoms with E-state index in [0.717, 1.165) is 85.4 Å². The molecule has 0 radical (unpaired) electrons. The molecule has 0 unspecified atom stereocenters. The van der Waals surface area contributed by atoms with E-state index in [1.807, 2.05) is 36.7 Å². The predicted octanol–water partition coefficient (Wildman–Crippen LogP) is 5.53. The standard InChI is InChI=1S/C28H30BrN5O2/c29-22-4-5-26-25(17-22)31-27(24-3-1-2-11-30-24)34(26)23-8-14-33(15-9-23)28(35)21-6-12-32(13-7-21)18-20-10-16-36-19-20/h1-5,10-11,16-17,19,21,23H,6-9,12-15,18H2. The summed E-state index contributed by atoms with van der Waals surface area (Å²) >= 11 is 3.58. The Morgan fingerprint density at radius 2 is 1.86 bits per heavy atom. The van der Waals surface area contributed by atoms with Crippen molar-refractivity contribution in [2.45, 2.75) is 38.3 Å². The number of furan rings is 1. The molecule has 5 heterocycles. The maximum atomic E-state index is 13.4. The van der Waals surface area contributed by atoms with Crippen molar-refractivity contribution in [3.05, 3.63) is 71.2 Å². The zero-order valence-corrected chi connectivity index (χ0v) is 21.8.